The van der Waals surface area contributed by atoms with E-state index in [9.17, 15) is 0 Å². The molecular formula is C15H30N2. The SMILES string of the molecule is CCC1CCCCC1(CN)NC1CCC(C)C1. The molecule has 0 heterocycles. The van der Waals surface area contributed by atoms with Crippen LogP contribution in [0.3, 0.4) is 0 Å². The molecule has 2 aliphatic carbocycles. The highest BCUT2D eigenvalue weighted by Crippen LogP contribution is 2.37. The molecule has 2 aliphatic rings. The maximum atomic E-state index is 6.15. The number of hydrogen-bond acceptors (Lipinski definition) is 2. The molecule has 0 aromatic heterocycles. The molecule has 2 heteroatoms. The van der Waals surface area contributed by atoms with Crippen molar-refractivity contribution in [2.75, 3.05) is 6.54 Å². The van der Waals surface area contributed by atoms with Gasteiger partial charge in [0.15, 0.2) is 0 Å². The summed E-state index contributed by atoms with van der Waals surface area (Å²) in [7, 11) is 0. The first-order chi connectivity index (χ1) is 8.20. The maximum Gasteiger partial charge on any atom is 0.0334 e. The van der Waals surface area contributed by atoms with E-state index >= 15 is 0 Å². The zero-order valence-electron chi connectivity index (χ0n) is 11.7. The Balaban J connectivity index is 2.01. The standard InChI is InChI=1S/C15H30N2/c1-3-13-6-4-5-9-15(13,11-16)17-14-8-7-12(2)10-14/h12-14,17H,3-11,16H2,1-2H3. The molecule has 0 aliphatic heterocycles. The van der Waals surface area contributed by atoms with Crippen LogP contribution in [0.1, 0.15) is 65.2 Å². The number of rotatable bonds is 4. The van der Waals surface area contributed by atoms with Gasteiger partial charge in [-0.3, -0.25) is 0 Å². The molecule has 2 fully saturated rings. The lowest BCUT2D eigenvalue weighted by atomic mass is 9.71. The molecule has 4 unspecified atom stereocenters. The van der Waals surface area contributed by atoms with Crippen molar-refractivity contribution in [2.24, 2.45) is 17.6 Å². The molecule has 100 valence electrons. The lowest BCUT2D eigenvalue weighted by Crippen LogP contribution is -2.60. The first-order valence-corrected chi connectivity index (χ1v) is 7.68. The average Bonchev–Trinajstić information content (AvgIpc) is 2.75. The van der Waals surface area contributed by atoms with E-state index in [0.29, 0.717) is 0 Å². The zero-order valence-corrected chi connectivity index (χ0v) is 11.7. The van der Waals surface area contributed by atoms with E-state index in [-0.39, 0.29) is 5.54 Å². The molecule has 0 radical (unpaired) electrons. The maximum absolute atomic E-state index is 6.15. The van der Waals surface area contributed by atoms with Crippen LogP contribution in [0.2, 0.25) is 0 Å². The second kappa shape index (κ2) is 5.71. The second-order valence-electron chi connectivity index (χ2n) is 6.47. The molecule has 0 aromatic rings. The highest BCUT2D eigenvalue weighted by molar-refractivity contribution is 5.00. The van der Waals surface area contributed by atoms with Crippen molar-refractivity contribution < 1.29 is 0 Å². The van der Waals surface area contributed by atoms with Gasteiger partial charge in [0.25, 0.3) is 0 Å². The molecule has 2 saturated carbocycles. The monoisotopic (exact) mass is 238 g/mol. The number of nitrogens with one attached hydrogen (secondary N) is 1. The van der Waals surface area contributed by atoms with E-state index in [1.54, 1.807) is 0 Å². The summed E-state index contributed by atoms with van der Waals surface area (Å²) in [5.74, 6) is 1.71. The van der Waals surface area contributed by atoms with Crippen molar-refractivity contribution in [1.82, 2.24) is 5.32 Å². The third-order valence-corrected chi connectivity index (χ3v) is 5.25. The van der Waals surface area contributed by atoms with Gasteiger partial charge in [0.2, 0.25) is 0 Å². The Labute approximate surface area is 107 Å². The van der Waals surface area contributed by atoms with Gasteiger partial charge in [0, 0.05) is 18.1 Å². The summed E-state index contributed by atoms with van der Waals surface area (Å²) in [5.41, 5.74) is 6.42. The van der Waals surface area contributed by atoms with Gasteiger partial charge in [-0.25, -0.2) is 0 Å². The zero-order chi connectivity index (χ0) is 12.3. The molecule has 0 bridgehead atoms. The molecular weight excluding hydrogens is 208 g/mol. The van der Waals surface area contributed by atoms with Gasteiger partial charge in [-0.15, -0.1) is 0 Å². The Morgan fingerprint density at radius 3 is 2.65 bits per heavy atom. The van der Waals surface area contributed by atoms with Crippen LogP contribution in [0.25, 0.3) is 0 Å². The molecule has 0 amide bonds. The molecule has 0 saturated heterocycles. The number of nitrogens with two attached hydrogens (primary N) is 1. The quantitative estimate of drug-likeness (QED) is 0.790. The number of hydrogen-bond donors (Lipinski definition) is 2. The summed E-state index contributed by atoms with van der Waals surface area (Å²) in [6.07, 6.45) is 10.8. The van der Waals surface area contributed by atoms with Gasteiger partial charge in [0.05, 0.1) is 0 Å². The van der Waals surface area contributed by atoms with Gasteiger partial charge in [-0.1, -0.05) is 33.1 Å². The lowest BCUT2D eigenvalue weighted by Gasteiger charge is -2.46. The molecule has 2 nitrogen and oxygen atoms in total. The second-order valence-corrected chi connectivity index (χ2v) is 6.47. The van der Waals surface area contributed by atoms with Crippen LogP contribution in [0.5, 0.6) is 0 Å². The van der Waals surface area contributed by atoms with Crippen LogP contribution >= 0.6 is 0 Å². The van der Waals surface area contributed by atoms with E-state index in [1.165, 1.54) is 51.4 Å². The van der Waals surface area contributed by atoms with Crippen molar-refractivity contribution >= 4 is 0 Å². The van der Waals surface area contributed by atoms with Crippen LogP contribution < -0.4 is 11.1 Å². The Kier molecular flexibility index (Phi) is 4.48. The van der Waals surface area contributed by atoms with Crippen molar-refractivity contribution in [1.29, 1.82) is 0 Å². The third-order valence-electron chi connectivity index (χ3n) is 5.25. The highest BCUT2D eigenvalue weighted by atomic mass is 15.0. The van der Waals surface area contributed by atoms with Gasteiger partial charge in [0.1, 0.15) is 0 Å². The van der Waals surface area contributed by atoms with Crippen LogP contribution in [-0.4, -0.2) is 18.1 Å². The fraction of sp³-hybridized carbons (Fsp3) is 1.00. The van der Waals surface area contributed by atoms with Crippen molar-refractivity contribution in [2.45, 2.75) is 76.8 Å². The van der Waals surface area contributed by atoms with Gasteiger partial charge >= 0.3 is 0 Å². The fourth-order valence-electron chi connectivity index (χ4n) is 4.17. The first-order valence-electron chi connectivity index (χ1n) is 7.68. The summed E-state index contributed by atoms with van der Waals surface area (Å²) in [6.45, 7) is 5.55. The predicted octanol–water partition coefficient (Wildman–Crippen LogP) is 3.06. The minimum Gasteiger partial charge on any atom is -0.329 e. The molecule has 0 spiro atoms. The van der Waals surface area contributed by atoms with Crippen molar-refractivity contribution in [3.05, 3.63) is 0 Å². The minimum atomic E-state index is 0.266. The van der Waals surface area contributed by atoms with E-state index in [1.807, 2.05) is 0 Å². The smallest absolute Gasteiger partial charge is 0.0334 e. The summed E-state index contributed by atoms with van der Waals surface area (Å²) in [4.78, 5) is 0. The van der Waals surface area contributed by atoms with Crippen molar-refractivity contribution in [3.8, 4) is 0 Å². The largest absolute Gasteiger partial charge is 0.329 e. The average molecular weight is 238 g/mol. The topological polar surface area (TPSA) is 38.0 Å². The van der Waals surface area contributed by atoms with E-state index in [2.05, 4.69) is 19.2 Å². The summed E-state index contributed by atoms with van der Waals surface area (Å²) < 4.78 is 0. The molecule has 0 aromatic carbocycles. The van der Waals surface area contributed by atoms with Gasteiger partial charge in [-0.2, -0.15) is 0 Å². The Morgan fingerprint density at radius 2 is 2.06 bits per heavy atom. The Bertz CT molecular complexity index is 241. The van der Waals surface area contributed by atoms with Crippen LogP contribution in [0, 0.1) is 11.8 Å². The van der Waals surface area contributed by atoms with Crippen LogP contribution in [0.4, 0.5) is 0 Å². The minimum absolute atomic E-state index is 0.266. The van der Waals surface area contributed by atoms with Gasteiger partial charge < -0.3 is 11.1 Å². The van der Waals surface area contributed by atoms with E-state index in [0.717, 1.165) is 24.4 Å². The lowest BCUT2D eigenvalue weighted by molar-refractivity contribution is 0.127. The molecule has 17 heavy (non-hydrogen) atoms. The fourth-order valence-corrected chi connectivity index (χ4v) is 4.17. The van der Waals surface area contributed by atoms with Crippen LogP contribution in [0.15, 0.2) is 0 Å². The third kappa shape index (κ3) is 2.85. The van der Waals surface area contributed by atoms with Gasteiger partial charge in [-0.05, 0) is 43.9 Å². The normalized spacial score (nSPS) is 42.9. The van der Waals surface area contributed by atoms with Crippen molar-refractivity contribution in [3.63, 3.8) is 0 Å². The molecule has 3 N–H and O–H groups in total. The Hall–Kier alpha value is -0.0800. The van der Waals surface area contributed by atoms with E-state index in [4.69, 9.17) is 5.73 Å². The molecule has 2 rings (SSSR count). The highest BCUT2D eigenvalue weighted by Gasteiger charge is 2.40. The van der Waals surface area contributed by atoms with E-state index < -0.39 is 0 Å². The molecule has 4 atom stereocenters. The first kappa shape index (κ1) is 13.4. The van der Waals surface area contributed by atoms with Crippen LogP contribution in [-0.2, 0) is 0 Å². The predicted molar refractivity (Wildman–Crippen MR) is 74.0 cm³/mol. The summed E-state index contributed by atoms with van der Waals surface area (Å²) >= 11 is 0. The Morgan fingerprint density at radius 1 is 1.24 bits per heavy atom. The summed E-state index contributed by atoms with van der Waals surface area (Å²) in [6, 6.07) is 0.737. The summed E-state index contributed by atoms with van der Waals surface area (Å²) in [5, 5.41) is 3.99.